The molecule has 8 aromatic rings. The summed E-state index contributed by atoms with van der Waals surface area (Å²) in [5.41, 5.74) is 10.3. The summed E-state index contributed by atoms with van der Waals surface area (Å²) < 4.78 is 63.0. The van der Waals surface area contributed by atoms with Crippen molar-refractivity contribution >= 4 is 93.0 Å². The first kappa shape index (κ1) is 98.0. The summed E-state index contributed by atoms with van der Waals surface area (Å²) in [7, 11) is 12.2. The van der Waals surface area contributed by atoms with E-state index in [1.54, 1.807) is 68.6 Å². The highest BCUT2D eigenvalue weighted by Gasteiger charge is 2.50. The van der Waals surface area contributed by atoms with Crippen LogP contribution in [0.5, 0.6) is 57.5 Å². The van der Waals surface area contributed by atoms with Crippen molar-refractivity contribution < 1.29 is 126 Å². The molecule has 6 N–H and O–H groups in total. The molecule has 34 heteroatoms. The number of anilines is 4. The highest BCUT2D eigenvalue weighted by molar-refractivity contribution is 6.10. The Bertz CT molecular complexity index is 5600. The number of hydrogen-bond acceptors (Lipinski definition) is 26. The van der Waals surface area contributed by atoms with Crippen molar-refractivity contribution in [2.45, 2.75) is 88.6 Å². The van der Waals surface area contributed by atoms with Crippen LogP contribution in [0.2, 0.25) is 0 Å². The topological polar surface area (TPSA) is 395 Å². The fourth-order valence-electron chi connectivity index (χ4n) is 17.4. The van der Waals surface area contributed by atoms with Gasteiger partial charge in [-0.3, -0.25) is 19.2 Å². The molecule has 8 aliphatic rings. The number of aromatic hydroxyl groups is 2. The summed E-state index contributed by atoms with van der Waals surface area (Å²) in [4.78, 5) is 117. The van der Waals surface area contributed by atoms with Gasteiger partial charge >= 0.3 is 24.4 Å². The van der Waals surface area contributed by atoms with Gasteiger partial charge in [-0.1, -0.05) is 123 Å². The molecule has 16 rings (SSSR count). The van der Waals surface area contributed by atoms with E-state index in [1.165, 1.54) is 86.8 Å². The molecular formula is C102H108N8O26. The van der Waals surface area contributed by atoms with Crippen LogP contribution in [0.25, 0.3) is 22.3 Å². The lowest BCUT2D eigenvalue weighted by molar-refractivity contribution is 0.0396. The van der Waals surface area contributed by atoms with Gasteiger partial charge in [0.05, 0.1) is 126 Å². The fourth-order valence-corrected chi connectivity index (χ4v) is 17.4. The Kier molecular flexibility index (Phi) is 31.3. The first-order valence-corrected chi connectivity index (χ1v) is 43.4. The zero-order valence-electron chi connectivity index (χ0n) is 76.8. The van der Waals surface area contributed by atoms with Gasteiger partial charge in [0.1, 0.15) is 60.9 Å². The molecule has 8 atom stereocenters. The quantitative estimate of drug-likeness (QED) is 0.0305. The summed E-state index contributed by atoms with van der Waals surface area (Å²) in [6, 6.07) is 38.8. The van der Waals surface area contributed by atoms with Crippen LogP contribution in [-0.4, -0.2) is 257 Å². The number of carbonyl (C=O) groups is 8. The summed E-state index contributed by atoms with van der Waals surface area (Å²) in [6.07, 6.45) is 6.16. The number of carbonyl (C=O) groups excluding carboxylic acids is 8. The minimum atomic E-state index is -1.47. The van der Waals surface area contributed by atoms with Crippen molar-refractivity contribution in [2.75, 3.05) is 129 Å². The zero-order valence-corrected chi connectivity index (χ0v) is 76.8. The molecule has 0 spiro atoms. The highest BCUT2D eigenvalue weighted by atomic mass is 16.6. The van der Waals surface area contributed by atoms with Crippen molar-refractivity contribution in [2.24, 2.45) is 0 Å². The van der Waals surface area contributed by atoms with Gasteiger partial charge in [0.15, 0.2) is 47.9 Å². The smallest absolute Gasteiger partial charge is 0.416 e. The van der Waals surface area contributed by atoms with Crippen LogP contribution in [-0.2, 0) is 18.9 Å². The maximum atomic E-state index is 13.6. The van der Waals surface area contributed by atoms with Crippen LogP contribution in [0.4, 0.5) is 41.9 Å². The largest absolute Gasteiger partial charge is 0.504 e. The number of benzene rings is 8. The number of aliphatic hydroxyl groups is 4. The number of methoxy groups -OCH3 is 8. The Balaban J connectivity index is 0.000000153. The molecule has 8 aromatic carbocycles. The lowest BCUT2D eigenvalue weighted by Gasteiger charge is -2.38. The average molecular weight is 1860 g/mol. The number of amides is 8. The Morgan fingerprint density at radius 3 is 0.875 bits per heavy atom. The molecular weight excluding hydrogens is 1750 g/mol. The second kappa shape index (κ2) is 43.4. The summed E-state index contributed by atoms with van der Waals surface area (Å²) in [6.45, 7) is 18.8. The maximum absolute atomic E-state index is 13.6. The number of aliphatic hydroxyl groups excluding tert-OH is 4. The monoisotopic (exact) mass is 1860 g/mol. The molecule has 0 aromatic heterocycles. The van der Waals surface area contributed by atoms with Gasteiger partial charge in [0.25, 0.3) is 23.6 Å². The molecule has 0 saturated heterocycles. The summed E-state index contributed by atoms with van der Waals surface area (Å²) in [5, 5.41) is 66.4. The SMILES string of the molecule is C=CCOC(=O)N1c2cc(C)c(OC)cc2C(=O)N2CC=C(c3ccc(OC)cc3)C[C@H]2C1O.C=CCOC(=O)N1c2cc(C)c(OC)cc2C(=O)N2CCC(c3ccc(OC)cc3)=C[C@H]2C1O.C=CCOC(=O)N1c2cc(O)c(OC)cc2C(=O)N2CC=C(c3ccc(OC)cc3)C[C@H]2C1O.C=CCOC(=O)N1c2cc(O)c(OC)cc2C(=O)N2CCC(c3ccc(OC)cc3)=C[C@H]2C1O. The number of ether oxygens (including phenoxy) is 12. The van der Waals surface area contributed by atoms with E-state index < -0.39 is 85.3 Å². The van der Waals surface area contributed by atoms with E-state index in [4.69, 9.17) is 56.8 Å². The second-order valence-electron chi connectivity index (χ2n) is 32.0. The molecule has 8 heterocycles. The molecule has 4 unspecified atom stereocenters. The standard InChI is InChI=1S/2C26H28N2O6.2C25H26N2O7/c2*1-5-12-34-26(31)28-21-13-16(2)23(33-4)15-20(21)24(29)27-11-10-18(14-22(27)25(28)30)17-6-8-19(32-3)9-7-17;2*1-4-11-34-25(31)27-19-14-21(28)22(33-3)13-18(19)23(29)26-10-9-16(12-20(26)24(27)30)15-5-7-17(32-2)8-6-15/h5-9,13-15,22,25,30H,1,10-12H2,2-4H3;5-10,13,15,22,25,30H,1,11-12,14H2,2-4H3;4-8,12-14,20,24,28,30H,1,9-11H2,2-3H3;4-9,13-14,20,24,28,30H,1,10-12H2,2-3H3/t2*22-,25?;2*20-,24?/m0000/s1. The van der Waals surface area contributed by atoms with Gasteiger partial charge in [-0.15, -0.1) is 0 Å². The van der Waals surface area contributed by atoms with Crippen molar-refractivity contribution in [3.63, 3.8) is 0 Å². The van der Waals surface area contributed by atoms with Crippen LogP contribution >= 0.6 is 0 Å². The predicted octanol–water partition coefficient (Wildman–Crippen LogP) is 13.9. The molecule has 0 radical (unpaired) electrons. The van der Waals surface area contributed by atoms with E-state index in [-0.39, 0.29) is 119 Å². The third-order valence-electron chi connectivity index (χ3n) is 24.3. The lowest BCUT2D eigenvalue weighted by atomic mass is 9.92. The molecule has 8 amide bonds. The summed E-state index contributed by atoms with van der Waals surface area (Å²) >= 11 is 0. The summed E-state index contributed by atoms with van der Waals surface area (Å²) in [5.74, 6) is 2.15. The van der Waals surface area contributed by atoms with E-state index in [0.717, 1.165) is 86.8 Å². The number of rotatable bonds is 20. The molecule has 34 nitrogen and oxygen atoms in total. The van der Waals surface area contributed by atoms with E-state index >= 15 is 0 Å². The third-order valence-corrected chi connectivity index (χ3v) is 24.3. The molecule has 712 valence electrons. The van der Waals surface area contributed by atoms with Crippen LogP contribution < -0.4 is 57.5 Å². The molecule has 0 bridgehead atoms. The average Bonchev–Trinajstić information content (AvgIpc) is 1.63. The van der Waals surface area contributed by atoms with Gasteiger partial charge in [-0.05, 0) is 180 Å². The molecule has 136 heavy (non-hydrogen) atoms. The maximum Gasteiger partial charge on any atom is 0.416 e. The predicted molar refractivity (Wildman–Crippen MR) is 507 cm³/mol. The van der Waals surface area contributed by atoms with Crippen LogP contribution in [0.15, 0.2) is 221 Å². The fraction of sp³-hybridized carbons (Fsp3) is 0.294. The third kappa shape index (κ3) is 20.2. The molecule has 0 aliphatic carbocycles. The Morgan fingerprint density at radius 2 is 0.603 bits per heavy atom. The number of nitrogens with zero attached hydrogens (tertiary/aromatic N) is 8. The van der Waals surface area contributed by atoms with Gasteiger partial charge in [-0.2, -0.15) is 0 Å². The van der Waals surface area contributed by atoms with Gasteiger partial charge in [0.2, 0.25) is 0 Å². The molecule has 8 aliphatic heterocycles. The Hall–Kier alpha value is -15.5. The van der Waals surface area contributed by atoms with Gasteiger partial charge in [0, 0.05) is 38.3 Å². The second-order valence-corrected chi connectivity index (χ2v) is 32.0. The number of aryl methyl sites for hydroxylation is 2. The number of hydrogen-bond donors (Lipinski definition) is 6. The van der Waals surface area contributed by atoms with Crippen LogP contribution in [0.3, 0.4) is 0 Å². The van der Waals surface area contributed by atoms with Gasteiger partial charge in [-0.25, -0.2) is 38.8 Å². The normalized spacial score (nSPS) is 19.4. The number of phenolic OH excluding ortho intramolecular Hbond substituents is 2. The van der Waals surface area contributed by atoms with E-state index in [1.807, 2.05) is 129 Å². The van der Waals surface area contributed by atoms with E-state index in [9.17, 15) is 69.0 Å². The Labute approximate surface area is 785 Å². The van der Waals surface area contributed by atoms with Crippen molar-refractivity contribution in [3.8, 4) is 57.5 Å². The first-order valence-electron chi connectivity index (χ1n) is 43.4. The minimum absolute atomic E-state index is 0.0220. The van der Waals surface area contributed by atoms with Gasteiger partial charge < -0.3 is 107 Å². The molecule has 0 fully saturated rings. The Morgan fingerprint density at radius 1 is 0.346 bits per heavy atom. The molecule has 0 saturated carbocycles. The zero-order chi connectivity index (χ0) is 97.6. The lowest BCUT2D eigenvalue weighted by Crippen LogP contribution is -2.54. The first-order chi connectivity index (χ1) is 65.6. The number of fused-ring (bicyclic) bond motifs is 8. The van der Waals surface area contributed by atoms with Crippen molar-refractivity contribution in [1.29, 1.82) is 0 Å². The van der Waals surface area contributed by atoms with Crippen LogP contribution in [0.1, 0.15) is 100 Å². The van der Waals surface area contributed by atoms with Crippen molar-refractivity contribution in [1.82, 2.24) is 19.6 Å². The number of phenols is 2. The van der Waals surface area contributed by atoms with Crippen LogP contribution in [0, 0.1) is 13.8 Å². The highest BCUT2D eigenvalue weighted by Crippen LogP contribution is 2.47. The minimum Gasteiger partial charge on any atom is -0.504 e. The van der Waals surface area contributed by atoms with Crippen molar-refractivity contribution in [3.05, 3.63) is 276 Å². The van der Waals surface area contributed by atoms with E-state index in [2.05, 4.69) is 26.3 Å². The van der Waals surface area contributed by atoms with E-state index in [0.29, 0.717) is 61.8 Å².